The lowest BCUT2D eigenvalue weighted by Gasteiger charge is -2.39. The van der Waals surface area contributed by atoms with Gasteiger partial charge in [0.15, 0.2) is 0 Å². The molecule has 1 amide bonds. The molecule has 150 valence electrons. The van der Waals surface area contributed by atoms with E-state index in [1.54, 1.807) is 4.90 Å². The molecule has 1 aliphatic heterocycles. The highest BCUT2D eigenvalue weighted by atomic mass is 79.9. The highest BCUT2D eigenvalue weighted by Gasteiger charge is 2.35. The zero-order valence-corrected chi connectivity index (χ0v) is 18.3. The molecule has 0 radical (unpaired) electrons. The Hall–Kier alpha value is -1.85. The van der Waals surface area contributed by atoms with E-state index < -0.39 is 5.60 Å². The van der Waals surface area contributed by atoms with E-state index in [2.05, 4.69) is 52.3 Å². The van der Waals surface area contributed by atoms with Gasteiger partial charge in [-0.25, -0.2) is 4.79 Å². The van der Waals surface area contributed by atoms with E-state index in [-0.39, 0.29) is 18.1 Å². The van der Waals surface area contributed by atoms with E-state index in [1.165, 1.54) is 5.56 Å². The van der Waals surface area contributed by atoms with Crippen molar-refractivity contribution in [3.05, 3.63) is 70.2 Å². The van der Waals surface area contributed by atoms with Gasteiger partial charge in [0.2, 0.25) is 0 Å². The summed E-state index contributed by atoms with van der Waals surface area (Å²) >= 11 is 3.46. The Bertz CT molecular complexity index is 771. The number of hydrogen-bond donors (Lipinski definition) is 0. The van der Waals surface area contributed by atoms with Crippen LogP contribution in [0.3, 0.4) is 0 Å². The second-order valence-corrected chi connectivity index (χ2v) is 9.12. The van der Waals surface area contributed by atoms with Gasteiger partial charge >= 0.3 is 6.09 Å². The fourth-order valence-electron chi connectivity index (χ4n) is 3.44. The van der Waals surface area contributed by atoms with Gasteiger partial charge in [0.25, 0.3) is 0 Å². The molecule has 2 aromatic carbocycles. The fraction of sp³-hybridized carbons (Fsp3) is 0.435. The van der Waals surface area contributed by atoms with Crippen LogP contribution >= 0.6 is 15.9 Å². The van der Waals surface area contributed by atoms with Crippen molar-refractivity contribution in [1.82, 2.24) is 4.90 Å². The number of likely N-dealkylation sites (tertiary alicyclic amines) is 1. The third kappa shape index (κ3) is 5.82. The van der Waals surface area contributed by atoms with Crippen LogP contribution in [0.1, 0.15) is 44.2 Å². The van der Waals surface area contributed by atoms with Crippen molar-refractivity contribution in [3.63, 3.8) is 0 Å². The Labute approximate surface area is 176 Å². The summed E-state index contributed by atoms with van der Waals surface area (Å²) in [4.78, 5) is 14.3. The van der Waals surface area contributed by atoms with Gasteiger partial charge in [-0.05, 0) is 50.5 Å². The molecule has 0 bridgehead atoms. The van der Waals surface area contributed by atoms with Crippen molar-refractivity contribution >= 4 is 22.0 Å². The molecule has 2 unspecified atom stereocenters. The summed E-state index contributed by atoms with van der Waals surface area (Å²) in [5.41, 5.74) is 1.87. The molecule has 1 aliphatic rings. The second-order valence-electron chi connectivity index (χ2n) is 8.21. The normalized spacial score (nSPS) is 20.1. The summed E-state index contributed by atoms with van der Waals surface area (Å²) in [7, 11) is 0. The summed E-state index contributed by atoms with van der Waals surface area (Å²) in [6.07, 6.45) is 0.511. The van der Waals surface area contributed by atoms with Gasteiger partial charge in [-0.2, -0.15) is 0 Å². The molecule has 1 saturated heterocycles. The summed E-state index contributed by atoms with van der Waals surface area (Å²) in [6.45, 7) is 7.40. The zero-order chi connectivity index (χ0) is 20.1. The lowest BCUT2D eigenvalue weighted by molar-refractivity contribution is -0.0359. The number of ether oxygens (including phenoxy) is 2. The summed E-state index contributed by atoms with van der Waals surface area (Å²) in [6, 6.07) is 18.6. The quantitative estimate of drug-likeness (QED) is 0.600. The average Bonchev–Trinajstić information content (AvgIpc) is 2.67. The topological polar surface area (TPSA) is 38.8 Å². The molecule has 5 heteroatoms. The summed E-state index contributed by atoms with van der Waals surface area (Å²) in [5, 5.41) is 0. The minimum Gasteiger partial charge on any atom is -0.444 e. The van der Waals surface area contributed by atoms with Crippen LogP contribution in [0.2, 0.25) is 0 Å². The van der Waals surface area contributed by atoms with Crippen LogP contribution < -0.4 is 0 Å². The number of benzene rings is 2. The molecular weight excluding hydrogens is 418 g/mol. The summed E-state index contributed by atoms with van der Waals surface area (Å²) < 4.78 is 12.9. The molecule has 2 aromatic rings. The molecule has 0 aliphatic carbocycles. The van der Waals surface area contributed by atoms with Crippen LogP contribution in [0.5, 0.6) is 0 Å². The third-order valence-corrected chi connectivity index (χ3v) is 5.34. The van der Waals surface area contributed by atoms with Gasteiger partial charge in [-0.3, -0.25) is 0 Å². The number of carbonyl (C=O) groups excluding carboxylic acids is 1. The van der Waals surface area contributed by atoms with E-state index in [0.717, 1.165) is 16.5 Å². The molecule has 0 saturated carbocycles. The molecule has 0 N–H and O–H groups in total. The van der Waals surface area contributed by atoms with Crippen LogP contribution in [-0.2, 0) is 16.1 Å². The third-order valence-electron chi connectivity index (χ3n) is 4.82. The Balaban J connectivity index is 1.72. The lowest BCUT2D eigenvalue weighted by atomic mass is 9.87. The van der Waals surface area contributed by atoms with Crippen LogP contribution in [0.25, 0.3) is 0 Å². The molecule has 0 aromatic heterocycles. The van der Waals surface area contributed by atoms with E-state index >= 15 is 0 Å². The highest BCUT2D eigenvalue weighted by Crippen LogP contribution is 2.31. The number of carbonyl (C=O) groups is 1. The smallest absolute Gasteiger partial charge is 0.410 e. The van der Waals surface area contributed by atoms with Gasteiger partial charge in [-0.1, -0.05) is 58.4 Å². The first-order chi connectivity index (χ1) is 13.3. The van der Waals surface area contributed by atoms with Crippen molar-refractivity contribution in [2.24, 2.45) is 0 Å². The first-order valence-corrected chi connectivity index (χ1v) is 10.5. The molecule has 1 fully saturated rings. The Morgan fingerprint density at radius 3 is 2.43 bits per heavy atom. The molecule has 0 spiro atoms. The maximum atomic E-state index is 12.6. The van der Waals surface area contributed by atoms with E-state index in [9.17, 15) is 4.79 Å². The first-order valence-electron chi connectivity index (χ1n) is 9.71. The average molecular weight is 446 g/mol. The summed E-state index contributed by atoms with van der Waals surface area (Å²) in [5.74, 6) is 0.260. The van der Waals surface area contributed by atoms with Crippen molar-refractivity contribution in [1.29, 1.82) is 0 Å². The highest BCUT2D eigenvalue weighted by molar-refractivity contribution is 9.10. The number of halogens is 1. The molecular formula is C23H28BrNO3. The molecule has 3 rings (SSSR count). The number of rotatable bonds is 4. The van der Waals surface area contributed by atoms with E-state index in [4.69, 9.17) is 9.47 Å². The minimum absolute atomic E-state index is 0.0766. The Kier molecular flexibility index (Phi) is 6.78. The number of piperidine rings is 1. The number of amides is 1. The van der Waals surface area contributed by atoms with Crippen molar-refractivity contribution in [2.45, 2.75) is 51.4 Å². The van der Waals surface area contributed by atoms with Crippen molar-refractivity contribution in [2.75, 3.05) is 13.1 Å². The standard InChI is InChI=1S/C23H28BrNO3/c1-23(2,3)28-22(26)25-14-13-20(18-7-5-4-6-8-18)21(15-25)27-16-17-9-11-19(24)12-10-17/h4-12,20-21H,13-16H2,1-3H3. The van der Waals surface area contributed by atoms with Gasteiger partial charge < -0.3 is 14.4 Å². The van der Waals surface area contributed by atoms with E-state index in [1.807, 2.05) is 39.0 Å². The Morgan fingerprint density at radius 2 is 1.79 bits per heavy atom. The van der Waals surface area contributed by atoms with Gasteiger partial charge in [-0.15, -0.1) is 0 Å². The van der Waals surface area contributed by atoms with Crippen LogP contribution in [0.4, 0.5) is 4.79 Å². The van der Waals surface area contributed by atoms with Crippen LogP contribution in [-0.4, -0.2) is 35.8 Å². The molecule has 28 heavy (non-hydrogen) atoms. The molecule has 2 atom stereocenters. The largest absolute Gasteiger partial charge is 0.444 e. The maximum Gasteiger partial charge on any atom is 0.410 e. The monoisotopic (exact) mass is 445 g/mol. The zero-order valence-electron chi connectivity index (χ0n) is 16.7. The van der Waals surface area contributed by atoms with Crippen molar-refractivity contribution in [3.8, 4) is 0 Å². The van der Waals surface area contributed by atoms with Crippen LogP contribution in [0.15, 0.2) is 59.1 Å². The van der Waals surface area contributed by atoms with Gasteiger partial charge in [0.1, 0.15) is 5.60 Å². The van der Waals surface area contributed by atoms with Crippen molar-refractivity contribution < 1.29 is 14.3 Å². The van der Waals surface area contributed by atoms with Crippen LogP contribution in [0, 0.1) is 0 Å². The van der Waals surface area contributed by atoms with Gasteiger partial charge in [0, 0.05) is 16.9 Å². The lowest BCUT2D eigenvalue weighted by Crippen LogP contribution is -2.48. The predicted molar refractivity (Wildman–Crippen MR) is 114 cm³/mol. The molecule has 4 nitrogen and oxygen atoms in total. The fourth-order valence-corrected chi connectivity index (χ4v) is 3.71. The second kappa shape index (κ2) is 9.10. The predicted octanol–water partition coefficient (Wildman–Crippen LogP) is 5.76. The first kappa shape index (κ1) is 20.9. The molecule has 1 heterocycles. The number of hydrogen-bond acceptors (Lipinski definition) is 3. The van der Waals surface area contributed by atoms with E-state index in [0.29, 0.717) is 19.7 Å². The van der Waals surface area contributed by atoms with Gasteiger partial charge in [0.05, 0.1) is 19.3 Å². The Morgan fingerprint density at radius 1 is 1.11 bits per heavy atom. The SMILES string of the molecule is CC(C)(C)OC(=O)N1CCC(c2ccccc2)C(OCc2ccc(Br)cc2)C1. The maximum absolute atomic E-state index is 12.6. The minimum atomic E-state index is -0.499. The number of nitrogens with zero attached hydrogens (tertiary/aromatic N) is 1.